The molecule has 1 fully saturated rings. The lowest BCUT2D eigenvalue weighted by molar-refractivity contribution is -0.0407. The second kappa shape index (κ2) is 4.94. The predicted molar refractivity (Wildman–Crippen MR) is 72.7 cm³/mol. The van der Waals surface area contributed by atoms with Gasteiger partial charge in [-0.2, -0.15) is 5.26 Å². The van der Waals surface area contributed by atoms with Crippen molar-refractivity contribution in [3.05, 3.63) is 41.5 Å². The number of hydrogen-bond acceptors (Lipinski definition) is 5. The maximum absolute atomic E-state index is 9.10. The summed E-state index contributed by atoms with van der Waals surface area (Å²) >= 11 is 0. The van der Waals surface area contributed by atoms with Crippen LogP contribution in [0.3, 0.4) is 0 Å². The third-order valence-corrected chi connectivity index (χ3v) is 3.63. The van der Waals surface area contributed by atoms with E-state index >= 15 is 0 Å². The number of nitrogens with two attached hydrogens (primary N) is 1. The highest BCUT2D eigenvalue weighted by Gasteiger charge is 2.34. The number of anilines is 1. The number of hydrogen-bond donors (Lipinski definition) is 1. The van der Waals surface area contributed by atoms with Crippen molar-refractivity contribution in [1.29, 1.82) is 5.26 Å². The molecule has 2 aromatic rings. The summed E-state index contributed by atoms with van der Waals surface area (Å²) in [6.45, 7) is 1.38. The van der Waals surface area contributed by atoms with Crippen molar-refractivity contribution in [1.82, 2.24) is 14.8 Å². The highest BCUT2D eigenvalue weighted by molar-refractivity contribution is 5.50. The van der Waals surface area contributed by atoms with Gasteiger partial charge >= 0.3 is 0 Å². The number of nitrogen functional groups attached to an aromatic ring is 1. The maximum atomic E-state index is 9.10. The first-order valence-corrected chi connectivity index (χ1v) is 6.41. The molecule has 1 saturated heterocycles. The van der Waals surface area contributed by atoms with Gasteiger partial charge in [-0.1, -0.05) is 0 Å². The molecule has 102 valence electrons. The molecule has 2 heterocycles. The van der Waals surface area contributed by atoms with E-state index in [1.54, 1.807) is 12.4 Å². The lowest BCUT2D eigenvalue weighted by atomic mass is 9.83. The van der Waals surface area contributed by atoms with E-state index in [2.05, 4.69) is 16.3 Å². The molecule has 0 saturated carbocycles. The van der Waals surface area contributed by atoms with Gasteiger partial charge in [-0.05, 0) is 23.8 Å². The number of rotatable bonds is 3. The molecule has 1 atom stereocenters. The fourth-order valence-electron chi connectivity index (χ4n) is 2.57. The molecule has 1 unspecified atom stereocenters. The van der Waals surface area contributed by atoms with E-state index < -0.39 is 0 Å². The molecule has 0 spiro atoms. The average Bonchev–Trinajstić information content (AvgIpc) is 2.78. The highest BCUT2D eigenvalue weighted by atomic mass is 16.5. The molecule has 0 bridgehead atoms. The molecule has 0 amide bonds. The first-order chi connectivity index (χ1) is 9.69. The number of nitrogens with zero attached hydrogens (tertiary/aromatic N) is 4. The van der Waals surface area contributed by atoms with Crippen LogP contribution in [0.2, 0.25) is 0 Å². The van der Waals surface area contributed by atoms with Crippen LogP contribution in [0.25, 0.3) is 0 Å². The van der Waals surface area contributed by atoms with E-state index in [0.717, 1.165) is 11.4 Å². The maximum Gasteiger partial charge on any atom is 0.140 e. The van der Waals surface area contributed by atoms with Crippen LogP contribution in [-0.4, -0.2) is 28.0 Å². The van der Waals surface area contributed by atoms with Crippen LogP contribution in [0, 0.1) is 17.2 Å². The fraction of sp³-hybridized carbons (Fsp3) is 0.357. The van der Waals surface area contributed by atoms with Gasteiger partial charge in [-0.25, -0.2) is 0 Å². The monoisotopic (exact) mass is 269 g/mol. The Morgan fingerprint density at radius 3 is 2.80 bits per heavy atom. The molecular weight excluding hydrogens is 254 g/mol. The average molecular weight is 269 g/mol. The lowest BCUT2D eigenvalue weighted by Gasteiger charge is -2.33. The van der Waals surface area contributed by atoms with Crippen molar-refractivity contribution in [2.75, 3.05) is 18.9 Å². The van der Waals surface area contributed by atoms with Crippen LogP contribution in [-0.2, 0) is 11.8 Å². The molecule has 3 rings (SSSR count). The standard InChI is InChI=1S/C14H15N5O/c1-19-8-17-18-14(19)13(11-6-20-7-11)10-2-9(5-15)3-12(16)4-10/h2-4,8,11,13H,6-7,16H2,1H3. The van der Waals surface area contributed by atoms with E-state index in [-0.39, 0.29) is 5.92 Å². The van der Waals surface area contributed by atoms with Gasteiger partial charge in [0.05, 0.1) is 30.8 Å². The molecule has 6 heteroatoms. The Hall–Kier alpha value is -2.39. The van der Waals surface area contributed by atoms with Gasteiger partial charge in [-0.15, -0.1) is 10.2 Å². The first-order valence-electron chi connectivity index (χ1n) is 6.41. The summed E-state index contributed by atoms with van der Waals surface area (Å²) in [6, 6.07) is 7.59. The lowest BCUT2D eigenvalue weighted by Crippen LogP contribution is -2.35. The predicted octanol–water partition coefficient (Wildman–Crippen LogP) is 1.05. The number of benzene rings is 1. The van der Waals surface area contributed by atoms with Crippen LogP contribution in [0.1, 0.15) is 22.9 Å². The van der Waals surface area contributed by atoms with Crippen molar-refractivity contribution in [2.45, 2.75) is 5.92 Å². The second-order valence-corrected chi connectivity index (χ2v) is 5.08. The van der Waals surface area contributed by atoms with E-state index in [9.17, 15) is 0 Å². The van der Waals surface area contributed by atoms with Gasteiger partial charge < -0.3 is 15.0 Å². The molecule has 6 nitrogen and oxygen atoms in total. The second-order valence-electron chi connectivity index (χ2n) is 5.08. The fourth-order valence-corrected chi connectivity index (χ4v) is 2.57. The normalized spacial score (nSPS) is 16.4. The molecule has 1 aliphatic heterocycles. The van der Waals surface area contributed by atoms with Crippen LogP contribution in [0.4, 0.5) is 5.69 Å². The van der Waals surface area contributed by atoms with Crippen molar-refractivity contribution in [3.8, 4) is 6.07 Å². The summed E-state index contributed by atoms with van der Waals surface area (Å²) in [6.07, 6.45) is 1.68. The summed E-state index contributed by atoms with van der Waals surface area (Å²) in [7, 11) is 1.92. The molecule has 1 aromatic heterocycles. The van der Waals surface area contributed by atoms with Gasteiger partial charge in [0.25, 0.3) is 0 Å². The minimum atomic E-state index is 0.0480. The van der Waals surface area contributed by atoms with Crippen molar-refractivity contribution in [2.24, 2.45) is 13.0 Å². The molecule has 1 aromatic carbocycles. The molecule has 2 N–H and O–H groups in total. The van der Waals surface area contributed by atoms with Gasteiger partial charge in [0, 0.05) is 18.7 Å². The summed E-state index contributed by atoms with van der Waals surface area (Å²) in [5, 5.41) is 17.3. The number of aryl methyl sites for hydroxylation is 1. The number of ether oxygens (including phenoxy) is 1. The van der Waals surface area contributed by atoms with E-state index in [4.69, 9.17) is 15.7 Å². The quantitative estimate of drug-likeness (QED) is 0.841. The summed E-state index contributed by atoms with van der Waals surface area (Å²) in [5.74, 6) is 1.26. The van der Waals surface area contributed by atoms with Crippen LogP contribution in [0.15, 0.2) is 24.5 Å². The van der Waals surface area contributed by atoms with E-state index in [0.29, 0.717) is 30.4 Å². The summed E-state index contributed by atoms with van der Waals surface area (Å²) in [4.78, 5) is 0. The first kappa shape index (κ1) is 12.6. The van der Waals surface area contributed by atoms with Crippen LogP contribution < -0.4 is 5.73 Å². The topological polar surface area (TPSA) is 89.8 Å². The van der Waals surface area contributed by atoms with Gasteiger partial charge in [-0.3, -0.25) is 0 Å². The molecule has 0 radical (unpaired) electrons. The smallest absolute Gasteiger partial charge is 0.140 e. The highest BCUT2D eigenvalue weighted by Crippen LogP contribution is 2.36. The minimum Gasteiger partial charge on any atom is -0.399 e. The molecular formula is C14H15N5O. The van der Waals surface area contributed by atoms with Crippen molar-refractivity contribution >= 4 is 5.69 Å². The minimum absolute atomic E-state index is 0.0480. The van der Waals surface area contributed by atoms with E-state index in [1.165, 1.54) is 0 Å². The van der Waals surface area contributed by atoms with Crippen LogP contribution >= 0.6 is 0 Å². The van der Waals surface area contributed by atoms with Crippen molar-refractivity contribution in [3.63, 3.8) is 0 Å². The SMILES string of the molecule is Cn1cnnc1C(c1cc(N)cc(C#N)c1)C1COC1. The number of aromatic nitrogens is 3. The Labute approximate surface area is 116 Å². The Morgan fingerprint density at radius 1 is 1.45 bits per heavy atom. The summed E-state index contributed by atoms with van der Waals surface area (Å²) < 4.78 is 7.21. The van der Waals surface area contributed by atoms with Gasteiger partial charge in [0.2, 0.25) is 0 Å². The molecule has 1 aliphatic rings. The Balaban J connectivity index is 2.08. The zero-order valence-electron chi connectivity index (χ0n) is 11.2. The van der Waals surface area contributed by atoms with E-state index in [1.807, 2.05) is 23.7 Å². The number of nitriles is 1. The Morgan fingerprint density at radius 2 is 2.25 bits per heavy atom. The van der Waals surface area contributed by atoms with Crippen molar-refractivity contribution < 1.29 is 4.74 Å². The largest absolute Gasteiger partial charge is 0.399 e. The Bertz CT molecular complexity index is 668. The third kappa shape index (κ3) is 2.12. The van der Waals surface area contributed by atoms with Gasteiger partial charge in [0.1, 0.15) is 12.2 Å². The van der Waals surface area contributed by atoms with Gasteiger partial charge in [0.15, 0.2) is 0 Å². The Kier molecular flexibility index (Phi) is 3.12. The zero-order chi connectivity index (χ0) is 14.1. The zero-order valence-corrected chi connectivity index (χ0v) is 11.2. The third-order valence-electron chi connectivity index (χ3n) is 3.63. The van der Waals surface area contributed by atoms with Crippen LogP contribution in [0.5, 0.6) is 0 Å². The molecule has 0 aliphatic carbocycles. The molecule has 20 heavy (non-hydrogen) atoms. The summed E-state index contributed by atoms with van der Waals surface area (Å²) in [5.41, 5.74) is 8.04.